The first-order chi connectivity index (χ1) is 32.5. The molecule has 0 saturated carbocycles. The fraction of sp³-hybridized carbons (Fsp3) is 0.489. The highest BCUT2D eigenvalue weighted by Gasteiger charge is 2.55. The third kappa shape index (κ3) is 8.34. The van der Waals surface area contributed by atoms with Crippen LogP contribution in [0.3, 0.4) is 0 Å². The minimum atomic E-state index is -2.17. The molecule has 12 unspecified atom stereocenters. The summed E-state index contributed by atoms with van der Waals surface area (Å²) < 4.78 is 29.1. The Kier molecular flexibility index (Phi) is 14.1. The number of aryl methyl sites for hydroxylation is 1. The maximum atomic E-state index is 14.2. The van der Waals surface area contributed by atoms with Crippen LogP contribution in [0.5, 0.6) is 23.0 Å². The number of aliphatic hydroxyl groups excluding tert-OH is 8. The van der Waals surface area contributed by atoms with Crippen LogP contribution in [0.25, 0.3) is 11.1 Å². The SMILES string of the molecule is COc1cc(O)c2c(c1)C(=O)c1c(cc3c(c1O)-c1c(cc(C)c(C(=O)NC(C)C(=O)O)c1O)C(OC1OC(C)C(N(C)C(=O)C(CO)(CO)CO)C(OC4OCC(O)C(O)C4O)C1O)C3O)C2=O. The smallest absolute Gasteiger partial charge is 0.325 e. The van der Waals surface area contributed by atoms with Gasteiger partial charge in [-0.15, -0.1) is 0 Å². The Labute approximate surface area is 391 Å². The summed E-state index contributed by atoms with van der Waals surface area (Å²) in [4.78, 5) is 68.5. The largest absolute Gasteiger partial charge is 0.507 e. The second-order valence-corrected chi connectivity index (χ2v) is 17.5. The van der Waals surface area contributed by atoms with E-state index in [0.29, 0.717) is 0 Å². The van der Waals surface area contributed by atoms with Crippen LogP contribution in [0.4, 0.5) is 0 Å². The number of rotatable bonds is 13. The summed E-state index contributed by atoms with van der Waals surface area (Å²) in [6, 6.07) is 1.46. The van der Waals surface area contributed by atoms with Crippen molar-refractivity contribution >= 4 is 29.4 Å². The highest BCUT2D eigenvalue weighted by molar-refractivity contribution is 6.31. The molecule has 12 atom stereocenters. The van der Waals surface area contributed by atoms with Crippen LogP contribution in [0, 0.1) is 12.3 Å². The highest BCUT2D eigenvalue weighted by Crippen LogP contribution is 2.57. The number of nitrogens with one attached hydrogen (secondary N) is 1. The Morgan fingerprint density at radius 3 is 2.04 bits per heavy atom. The number of benzene rings is 3. The summed E-state index contributed by atoms with van der Waals surface area (Å²) in [7, 11) is 2.39. The lowest BCUT2D eigenvalue weighted by Crippen LogP contribution is -2.68. The fourth-order valence-corrected chi connectivity index (χ4v) is 9.28. The number of aromatic hydroxyl groups is 3. The number of phenols is 3. The van der Waals surface area contributed by atoms with Gasteiger partial charge in [0.05, 0.1) is 62.4 Å². The van der Waals surface area contributed by atoms with Gasteiger partial charge in [0.15, 0.2) is 24.1 Å². The van der Waals surface area contributed by atoms with Crippen molar-refractivity contribution in [3.05, 3.63) is 68.8 Å². The molecule has 2 aliphatic heterocycles. The van der Waals surface area contributed by atoms with Crippen LogP contribution in [0.2, 0.25) is 0 Å². The number of carbonyl (C=O) groups excluding carboxylic acids is 4. The quantitative estimate of drug-likeness (QED) is 0.0664. The lowest BCUT2D eigenvalue weighted by Gasteiger charge is -2.50. The zero-order valence-electron chi connectivity index (χ0n) is 37.5. The lowest BCUT2D eigenvalue weighted by molar-refractivity contribution is -0.345. The molecule has 3 aromatic rings. The summed E-state index contributed by atoms with van der Waals surface area (Å²) in [5.74, 6) is -8.22. The maximum absolute atomic E-state index is 14.2. The molecule has 24 nitrogen and oxygen atoms in total. The van der Waals surface area contributed by atoms with E-state index in [1.807, 2.05) is 0 Å². The zero-order chi connectivity index (χ0) is 50.9. The Bertz CT molecular complexity index is 2570. The van der Waals surface area contributed by atoms with Gasteiger partial charge in [-0.25, -0.2) is 0 Å². The number of carboxylic acid groups (broad SMARTS) is 1. The van der Waals surface area contributed by atoms with Crippen molar-refractivity contribution in [1.82, 2.24) is 10.2 Å². The number of nitrogens with zero attached hydrogens (tertiary/aromatic N) is 1. The van der Waals surface area contributed by atoms with Crippen LogP contribution in [-0.4, -0.2) is 197 Å². The molecule has 0 spiro atoms. The summed E-state index contributed by atoms with van der Waals surface area (Å²) in [6.45, 7) is 0.113. The number of ether oxygens (including phenoxy) is 5. The number of phenolic OH excluding ortho intramolecular Hbond substituents is 3. The van der Waals surface area contributed by atoms with E-state index in [2.05, 4.69) is 5.32 Å². The molecule has 69 heavy (non-hydrogen) atoms. The van der Waals surface area contributed by atoms with E-state index >= 15 is 0 Å². The van der Waals surface area contributed by atoms with Gasteiger partial charge in [0, 0.05) is 35.4 Å². The number of aliphatic carboxylic acids is 1. The molecule has 2 heterocycles. The monoisotopic (exact) mass is 972 g/mol. The second kappa shape index (κ2) is 19.1. The molecule has 0 radical (unpaired) electrons. The number of carboxylic acids is 1. The van der Waals surface area contributed by atoms with Crippen molar-refractivity contribution in [2.24, 2.45) is 5.41 Å². The normalized spacial score (nSPS) is 27.9. The first kappa shape index (κ1) is 51.0. The van der Waals surface area contributed by atoms with Gasteiger partial charge >= 0.3 is 5.97 Å². The van der Waals surface area contributed by atoms with E-state index in [1.165, 1.54) is 27.0 Å². The number of likely N-dealkylation sites (N-methyl/N-ethyl adjacent to an activating group) is 1. The summed E-state index contributed by atoms with van der Waals surface area (Å²) in [5, 5.41) is 133. The highest BCUT2D eigenvalue weighted by atomic mass is 16.7. The molecule has 4 aliphatic rings. The number of ketones is 2. The zero-order valence-corrected chi connectivity index (χ0v) is 37.5. The number of aliphatic hydroxyl groups is 8. The third-order valence-corrected chi connectivity index (χ3v) is 13.2. The van der Waals surface area contributed by atoms with Gasteiger partial charge in [0.2, 0.25) is 5.91 Å². The number of fused-ring (bicyclic) bond motifs is 5. The number of hydrogen-bond acceptors (Lipinski definition) is 21. The first-order valence-electron chi connectivity index (χ1n) is 21.4. The van der Waals surface area contributed by atoms with Crippen LogP contribution in [0.1, 0.15) is 84.9 Å². The molecule has 24 heteroatoms. The van der Waals surface area contributed by atoms with E-state index in [9.17, 15) is 85.3 Å². The van der Waals surface area contributed by atoms with Crippen molar-refractivity contribution in [1.29, 1.82) is 0 Å². The lowest BCUT2D eigenvalue weighted by atomic mass is 9.74. The van der Waals surface area contributed by atoms with Gasteiger partial charge in [-0.05, 0) is 49.6 Å². The Morgan fingerprint density at radius 1 is 0.826 bits per heavy atom. The van der Waals surface area contributed by atoms with Crippen LogP contribution in [0.15, 0.2) is 24.3 Å². The van der Waals surface area contributed by atoms with Gasteiger partial charge in [-0.3, -0.25) is 24.0 Å². The Morgan fingerprint density at radius 2 is 1.43 bits per heavy atom. The van der Waals surface area contributed by atoms with E-state index in [0.717, 1.165) is 37.1 Å². The molecular weight excluding hydrogens is 920 g/mol. The number of carbonyl (C=O) groups is 5. The van der Waals surface area contributed by atoms with Crippen LogP contribution >= 0.6 is 0 Å². The minimum absolute atomic E-state index is 0.0283. The second-order valence-electron chi connectivity index (χ2n) is 17.5. The molecule has 2 fully saturated rings. The molecule has 13 N–H and O–H groups in total. The van der Waals surface area contributed by atoms with Crippen molar-refractivity contribution in [3.8, 4) is 34.1 Å². The van der Waals surface area contributed by atoms with Gasteiger partial charge in [0.1, 0.15) is 77.2 Å². The standard InChI is InChI=1S/C45H52N2O22/c1-14-6-21-27(34(57)24(14)40(61)46-15(2)41(62)63)26-19(9-20-28(35(26)58)31(54)18-7-17(65-5)8-22(51)25(18)30(20)53)32(55)38(21)68-43-37(60)39(69-42-36(59)33(56)23(52)10-66-42)29(16(3)67-43)47(4)44(64)45(11-48,12-49)13-50/h6-9,15-16,23,29,32-33,36-39,42-43,48-52,55-60H,10-13H2,1-5H3,(H,46,61)(H,62,63). The number of methoxy groups -OCH3 is 1. The van der Waals surface area contributed by atoms with E-state index in [1.54, 1.807) is 0 Å². The maximum Gasteiger partial charge on any atom is 0.325 e. The molecular formula is C45H52N2O22. The minimum Gasteiger partial charge on any atom is -0.507 e. The van der Waals surface area contributed by atoms with Crippen LogP contribution < -0.4 is 10.1 Å². The average molecular weight is 973 g/mol. The van der Waals surface area contributed by atoms with Crippen molar-refractivity contribution in [3.63, 3.8) is 0 Å². The predicted molar refractivity (Wildman–Crippen MR) is 228 cm³/mol. The van der Waals surface area contributed by atoms with Gasteiger partial charge in [-0.1, -0.05) is 6.07 Å². The average Bonchev–Trinajstić information content (AvgIpc) is 3.30. The topological polar surface area (TPSA) is 390 Å². The number of hydrogen-bond donors (Lipinski definition) is 13. The summed E-state index contributed by atoms with van der Waals surface area (Å²) in [6.07, 6.45) is -18.3. The van der Waals surface area contributed by atoms with Gasteiger partial charge in [0.25, 0.3) is 5.91 Å². The number of amides is 2. The van der Waals surface area contributed by atoms with Crippen LogP contribution in [-0.2, 0) is 28.5 Å². The fourth-order valence-electron chi connectivity index (χ4n) is 9.28. The van der Waals surface area contributed by atoms with E-state index in [4.69, 9.17) is 23.7 Å². The van der Waals surface area contributed by atoms with Crippen molar-refractivity contribution < 1.29 is 109 Å². The van der Waals surface area contributed by atoms with Crippen molar-refractivity contribution in [2.45, 2.75) is 94.3 Å². The van der Waals surface area contributed by atoms with Crippen molar-refractivity contribution in [2.75, 3.05) is 40.6 Å². The Balaban J connectivity index is 1.38. The predicted octanol–water partition coefficient (Wildman–Crippen LogP) is -2.41. The molecule has 2 aliphatic carbocycles. The van der Waals surface area contributed by atoms with Gasteiger partial charge in [-0.2, -0.15) is 0 Å². The molecule has 0 aromatic heterocycles. The molecule has 2 saturated heterocycles. The first-order valence-corrected chi connectivity index (χ1v) is 21.4. The summed E-state index contributed by atoms with van der Waals surface area (Å²) >= 11 is 0. The molecule has 3 aromatic carbocycles. The molecule has 7 rings (SSSR count). The molecule has 374 valence electrons. The summed E-state index contributed by atoms with van der Waals surface area (Å²) in [5.41, 5.74) is -6.41. The van der Waals surface area contributed by atoms with Gasteiger partial charge < -0.3 is 95.2 Å². The molecule has 0 bridgehead atoms. The van der Waals surface area contributed by atoms with E-state index < -0.39 is 191 Å². The van der Waals surface area contributed by atoms with E-state index in [-0.39, 0.29) is 22.4 Å². The Hall–Kier alpha value is -5.87. The molecule has 2 amide bonds. The third-order valence-electron chi connectivity index (χ3n) is 13.2.